The summed E-state index contributed by atoms with van der Waals surface area (Å²) in [5, 5.41) is 42.3. The first-order valence-electron chi connectivity index (χ1n) is 16.4. The number of primary amides is 2. The summed E-state index contributed by atoms with van der Waals surface area (Å²) in [6, 6.07) is 28.0. The Morgan fingerprint density at radius 3 is 1.38 bits per heavy atom. The molecule has 0 saturated carbocycles. The van der Waals surface area contributed by atoms with Crippen LogP contribution < -0.4 is 11.5 Å². The second kappa shape index (κ2) is 13.9. The van der Waals surface area contributed by atoms with Crippen LogP contribution in [-0.4, -0.2) is 76.1 Å². The molecule has 276 valence electrons. The molecule has 0 aliphatic carbocycles. The molecule has 9 aromatic rings. The molecule has 10 N–H and O–H groups in total. The Morgan fingerprint density at radius 2 is 0.911 bits per heavy atom. The number of carbonyl (C=O) groups is 6. The number of nitrogens with one attached hydrogen (secondary N) is 2. The zero-order valence-electron chi connectivity index (χ0n) is 28.5. The van der Waals surface area contributed by atoms with Crippen molar-refractivity contribution < 1.29 is 49.2 Å². The highest BCUT2D eigenvalue weighted by Gasteiger charge is 2.33. The number of amides is 2. The van der Waals surface area contributed by atoms with Crippen LogP contribution >= 0.6 is 0 Å². The lowest BCUT2D eigenvalue weighted by molar-refractivity contribution is 0.0635. The van der Waals surface area contributed by atoms with E-state index < -0.39 is 57.9 Å². The van der Waals surface area contributed by atoms with Gasteiger partial charge in [0.1, 0.15) is 0 Å². The molecular formula is C40H26N6O10. The minimum atomic E-state index is -1.77. The highest BCUT2D eigenvalue weighted by atomic mass is 16.4. The predicted molar refractivity (Wildman–Crippen MR) is 205 cm³/mol. The van der Waals surface area contributed by atoms with E-state index in [1.807, 2.05) is 60.7 Å². The molecule has 0 atom stereocenters. The van der Waals surface area contributed by atoms with Crippen LogP contribution in [0.5, 0.6) is 0 Å². The van der Waals surface area contributed by atoms with Gasteiger partial charge in [0.15, 0.2) is 11.6 Å². The molecule has 16 nitrogen and oxygen atoms in total. The normalized spacial score (nSPS) is 11.0. The highest BCUT2D eigenvalue weighted by molar-refractivity contribution is 6.40. The molecule has 0 saturated heterocycles. The number of carbonyl (C=O) groups excluding carboxylic acids is 2. The van der Waals surface area contributed by atoms with Crippen molar-refractivity contribution in [2.75, 3.05) is 0 Å². The number of para-hydroxylation sites is 4. The van der Waals surface area contributed by atoms with Gasteiger partial charge in [0.25, 0.3) is 11.8 Å². The summed E-state index contributed by atoms with van der Waals surface area (Å²) in [5.41, 5.74) is 10.3. The summed E-state index contributed by atoms with van der Waals surface area (Å²) in [6.45, 7) is 0. The number of aromatic nitrogens is 4. The van der Waals surface area contributed by atoms with Crippen LogP contribution in [0.15, 0.2) is 97.1 Å². The standard InChI is InChI=1S/C24H12O8.2C8H7N3O/c25-21(26)13-8-7-11-10-5-1-3-9-4-2-6-12(14(9)10)16-15(11)17(13)19(23(29)30)20(24(31)32)18(16)22(27)28;2*9-7(12)8-10-5-3-1-2-4-6(5)11-8/h1-8H,(H,25,26)(H,27,28)(H,29,30)(H,31,32);2*1-4H,(H2,9,12)(H,10,11). The molecule has 7 aromatic carbocycles. The van der Waals surface area contributed by atoms with Crippen LogP contribution in [0, 0.1) is 0 Å². The summed E-state index contributed by atoms with van der Waals surface area (Å²) in [4.78, 5) is 83.7. The summed E-state index contributed by atoms with van der Waals surface area (Å²) >= 11 is 0. The number of aromatic carboxylic acids is 4. The molecule has 0 aliphatic heterocycles. The molecule has 2 aromatic heterocycles. The first-order chi connectivity index (χ1) is 26.8. The van der Waals surface area contributed by atoms with E-state index in [1.165, 1.54) is 12.1 Å². The van der Waals surface area contributed by atoms with Gasteiger partial charge in [-0.2, -0.15) is 0 Å². The van der Waals surface area contributed by atoms with Crippen molar-refractivity contribution >= 4 is 101 Å². The van der Waals surface area contributed by atoms with Gasteiger partial charge in [0.2, 0.25) is 0 Å². The third-order valence-electron chi connectivity index (χ3n) is 9.04. The summed E-state index contributed by atoms with van der Waals surface area (Å²) in [5.74, 6) is -7.24. The van der Waals surface area contributed by atoms with Crippen molar-refractivity contribution in [2.24, 2.45) is 11.5 Å². The lowest BCUT2D eigenvalue weighted by atomic mass is 9.81. The number of fused-ring (bicyclic) bond motifs is 4. The molecule has 0 spiro atoms. The fourth-order valence-corrected chi connectivity index (χ4v) is 6.85. The summed E-state index contributed by atoms with van der Waals surface area (Å²) in [7, 11) is 0. The van der Waals surface area contributed by atoms with E-state index in [1.54, 1.807) is 24.3 Å². The third-order valence-corrected chi connectivity index (χ3v) is 9.04. The number of hydrogen-bond acceptors (Lipinski definition) is 8. The van der Waals surface area contributed by atoms with E-state index in [-0.39, 0.29) is 27.8 Å². The van der Waals surface area contributed by atoms with E-state index >= 15 is 0 Å². The predicted octanol–water partition coefficient (Wildman–Crippen LogP) is 5.85. The topological polar surface area (TPSA) is 293 Å². The second-order valence-electron chi connectivity index (χ2n) is 12.3. The SMILES string of the molecule is NC(=O)c1nc2ccccc2[nH]1.NC(=O)c1nc2ccccc2[nH]1.O=C(O)c1c(C(=O)O)c2c(C(=O)O)ccc3c4cccc5cccc(c(c1C(=O)O)c23)c54. The minimum Gasteiger partial charge on any atom is -0.478 e. The Kier molecular flexibility index (Phi) is 8.91. The lowest BCUT2D eigenvalue weighted by Gasteiger charge is -2.20. The van der Waals surface area contributed by atoms with Gasteiger partial charge in [-0.05, 0) is 57.3 Å². The molecule has 56 heavy (non-hydrogen) atoms. The molecule has 16 heteroatoms. The average Bonchev–Trinajstić information content (AvgIpc) is 3.82. The average molecular weight is 751 g/mol. The largest absolute Gasteiger partial charge is 0.478 e. The number of aromatic amines is 2. The molecule has 9 rings (SSSR count). The monoisotopic (exact) mass is 750 g/mol. The van der Waals surface area contributed by atoms with Crippen LogP contribution in [0.4, 0.5) is 0 Å². The number of rotatable bonds is 6. The molecule has 0 unspecified atom stereocenters. The Morgan fingerprint density at radius 1 is 0.446 bits per heavy atom. The zero-order valence-corrected chi connectivity index (χ0v) is 28.5. The fraction of sp³-hybridized carbons (Fsp3) is 0. The van der Waals surface area contributed by atoms with Crippen LogP contribution in [-0.2, 0) is 0 Å². The van der Waals surface area contributed by atoms with Crippen LogP contribution in [0.1, 0.15) is 62.7 Å². The maximum absolute atomic E-state index is 12.3. The number of H-pyrrole nitrogens is 2. The fourth-order valence-electron chi connectivity index (χ4n) is 6.85. The van der Waals surface area contributed by atoms with Gasteiger partial charge in [0.05, 0.1) is 44.3 Å². The van der Waals surface area contributed by atoms with Crippen molar-refractivity contribution in [3.63, 3.8) is 0 Å². The summed E-state index contributed by atoms with van der Waals surface area (Å²) in [6.07, 6.45) is 0. The van der Waals surface area contributed by atoms with Crippen molar-refractivity contribution in [1.29, 1.82) is 0 Å². The van der Waals surface area contributed by atoms with Gasteiger partial charge in [-0.1, -0.05) is 66.7 Å². The first-order valence-corrected chi connectivity index (χ1v) is 16.4. The van der Waals surface area contributed by atoms with E-state index in [2.05, 4.69) is 19.9 Å². The maximum atomic E-state index is 12.3. The van der Waals surface area contributed by atoms with Gasteiger partial charge in [-0.15, -0.1) is 0 Å². The van der Waals surface area contributed by atoms with Gasteiger partial charge >= 0.3 is 23.9 Å². The number of benzene rings is 7. The number of carboxylic acids is 4. The lowest BCUT2D eigenvalue weighted by Crippen LogP contribution is -2.18. The first kappa shape index (κ1) is 36.0. The maximum Gasteiger partial charge on any atom is 0.337 e. The smallest absolute Gasteiger partial charge is 0.337 e. The van der Waals surface area contributed by atoms with Crippen LogP contribution in [0.2, 0.25) is 0 Å². The molecule has 0 aliphatic rings. The Bertz CT molecular complexity index is 2970. The molecule has 0 bridgehead atoms. The summed E-state index contributed by atoms with van der Waals surface area (Å²) < 4.78 is 0. The number of carboxylic acid groups (broad SMARTS) is 4. The van der Waals surface area contributed by atoms with E-state index in [9.17, 15) is 49.2 Å². The number of imidazole rings is 2. The van der Waals surface area contributed by atoms with Gasteiger partial charge in [0, 0.05) is 16.2 Å². The molecule has 2 amide bonds. The minimum absolute atomic E-state index is 0.00250. The molecular weight excluding hydrogens is 724 g/mol. The van der Waals surface area contributed by atoms with Gasteiger partial charge < -0.3 is 41.9 Å². The van der Waals surface area contributed by atoms with Crippen molar-refractivity contribution in [3.8, 4) is 0 Å². The van der Waals surface area contributed by atoms with Crippen molar-refractivity contribution in [3.05, 3.63) is 131 Å². The van der Waals surface area contributed by atoms with Gasteiger partial charge in [-0.25, -0.2) is 29.1 Å². The third kappa shape index (κ3) is 6.03. The van der Waals surface area contributed by atoms with Gasteiger partial charge in [-0.3, -0.25) is 9.59 Å². The Hall–Kier alpha value is -8.40. The quantitative estimate of drug-likeness (QED) is 0.0733. The van der Waals surface area contributed by atoms with Crippen molar-refractivity contribution in [2.45, 2.75) is 0 Å². The molecule has 0 fully saturated rings. The van der Waals surface area contributed by atoms with Crippen molar-refractivity contribution in [1.82, 2.24) is 19.9 Å². The number of hydrogen-bond donors (Lipinski definition) is 8. The molecule has 0 radical (unpaired) electrons. The van der Waals surface area contributed by atoms with Crippen LogP contribution in [0.3, 0.4) is 0 Å². The highest BCUT2D eigenvalue weighted by Crippen LogP contribution is 2.45. The van der Waals surface area contributed by atoms with E-state index in [0.717, 1.165) is 27.5 Å². The Labute approximate surface area is 311 Å². The number of nitrogens with two attached hydrogens (primary N) is 2. The second-order valence-corrected chi connectivity index (χ2v) is 12.3. The van der Waals surface area contributed by atoms with E-state index in [0.29, 0.717) is 21.5 Å². The van der Waals surface area contributed by atoms with E-state index in [4.69, 9.17) is 11.5 Å². The molecule has 2 heterocycles. The number of nitrogens with zero attached hydrogens (tertiary/aromatic N) is 2. The van der Waals surface area contributed by atoms with Crippen LogP contribution in [0.25, 0.3) is 65.2 Å². The Balaban J connectivity index is 0.000000162. The zero-order chi connectivity index (χ0) is 40.0.